The molecule has 2 aromatic heterocycles. The van der Waals surface area contributed by atoms with Gasteiger partial charge in [-0.1, -0.05) is 23.7 Å². The van der Waals surface area contributed by atoms with Crippen molar-refractivity contribution in [3.63, 3.8) is 0 Å². The Hall–Kier alpha value is -2.81. The van der Waals surface area contributed by atoms with Gasteiger partial charge in [0.15, 0.2) is 0 Å². The van der Waals surface area contributed by atoms with Crippen molar-refractivity contribution in [2.45, 2.75) is 31.5 Å². The molecule has 4 rings (SSSR count). The van der Waals surface area contributed by atoms with Gasteiger partial charge >= 0.3 is 6.18 Å². The smallest absolute Gasteiger partial charge is 0.342 e. The van der Waals surface area contributed by atoms with E-state index >= 15 is 0 Å². The topological polar surface area (TPSA) is 71.0 Å². The Kier molecular flexibility index (Phi) is 5.31. The fourth-order valence-corrected chi connectivity index (χ4v) is 3.91. The number of rotatable bonds is 3. The molecule has 30 heavy (non-hydrogen) atoms. The number of amides is 1. The Labute approximate surface area is 174 Å². The number of nitrogens with one attached hydrogen (secondary N) is 1. The van der Waals surface area contributed by atoms with E-state index in [1.54, 1.807) is 4.90 Å². The third-order valence-electron chi connectivity index (χ3n) is 5.32. The normalized spacial score (nSPS) is 15.7. The van der Waals surface area contributed by atoms with Crippen LogP contribution in [0.25, 0.3) is 11.0 Å². The number of nitrogens with zero attached hydrogens (tertiary/aromatic N) is 3. The zero-order valence-corrected chi connectivity index (χ0v) is 16.5. The van der Waals surface area contributed by atoms with Crippen LogP contribution in [0.15, 0.2) is 41.3 Å². The van der Waals surface area contributed by atoms with E-state index in [2.05, 4.69) is 9.97 Å². The molecule has 6 nitrogen and oxygen atoms in total. The van der Waals surface area contributed by atoms with Gasteiger partial charge in [0.1, 0.15) is 17.4 Å². The lowest BCUT2D eigenvalue weighted by Gasteiger charge is -2.31. The molecule has 158 valence electrons. The number of benzene rings is 1. The summed E-state index contributed by atoms with van der Waals surface area (Å²) in [7, 11) is 0. The highest BCUT2D eigenvalue weighted by Gasteiger charge is 2.32. The van der Waals surface area contributed by atoms with Crippen LogP contribution in [0.3, 0.4) is 0 Å². The van der Waals surface area contributed by atoms with E-state index in [-0.39, 0.29) is 5.92 Å². The van der Waals surface area contributed by atoms with Crippen molar-refractivity contribution < 1.29 is 18.0 Å². The minimum Gasteiger partial charge on any atom is -0.342 e. The maximum absolute atomic E-state index is 13.0. The van der Waals surface area contributed by atoms with Crippen molar-refractivity contribution in [1.29, 1.82) is 0 Å². The molecule has 1 amide bonds. The molecular weight excluding hydrogens is 421 g/mol. The number of imidazole rings is 1. The number of fused-ring (bicyclic) bond motifs is 1. The van der Waals surface area contributed by atoms with E-state index in [1.165, 1.54) is 0 Å². The molecule has 10 heteroatoms. The number of likely N-dealkylation sites (tertiary alicyclic amines) is 1. The molecule has 1 N–H and O–H groups in total. The molecule has 0 saturated carbocycles. The van der Waals surface area contributed by atoms with Crippen molar-refractivity contribution in [2.24, 2.45) is 0 Å². The molecule has 3 heterocycles. The van der Waals surface area contributed by atoms with Crippen molar-refractivity contribution in [1.82, 2.24) is 19.4 Å². The van der Waals surface area contributed by atoms with Crippen LogP contribution < -0.4 is 5.56 Å². The predicted molar refractivity (Wildman–Crippen MR) is 105 cm³/mol. The number of aromatic amines is 1. The molecule has 1 aliphatic heterocycles. The zero-order chi connectivity index (χ0) is 21.5. The largest absolute Gasteiger partial charge is 0.417 e. The van der Waals surface area contributed by atoms with Crippen LogP contribution in [0.1, 0.15) is 30.1 Å². The monoisotopic (exact) mass is 438 g/mol. The second-order valence-corrected chi connectivity index (χ2v) is 7.71. The van der Waals surface area contributed by atoms with E-state index in [1.807, 2.05) is 24.3 Å². The highest BCUT2D eigenvalue weighted by atomic mass is 35.5. The Morgan fingerprint density at radius 2 is 1.93 bits per heavy atom. The van der Waals surface area contributed by atoms with Gasteiger partial charge in [0.05, 0.1) is 16.6 Å². The first-order valence-corrected chi connectivity index (χ1v) is 9.80. The summed E-state index contributed by atoms with van der Waals surface area (Å²) in [6.45, 7) is 0.377. The van der Waals surface area contributed by atoms with Gasteiger partial charge in [0, 0.05) is 25.2 Å². The molecule has 0 aliphatic carbocycles. The van der Waals surface area contributed by atoms with Crippen molar-refractivity contribution in [3.05, 3.63) is 63.3 Å². The van der Waals surface area contributed by atoms with E-state index in [9.17, 15) is 22.8 Å². The van der Waals surface area contributed by atoms with Gasteiger partial charge in [-0.3, -0.25) is 9.59 Å². The van der Waals surface area contributed by atoms with Gasteiger partial charge in [-0.2, -0.15) is 13.2 Å². The number of carbonyl (C=O) groups excluding carboxylic acids is 1. The minimum atomic E-state index is -4.66. The summed E-state index contributed by atoms with van der Waals surface area (Å²) in [4.78, 5) is 34.1. The van der Waals surface area contributed by atoms with E-state index in [0.717, 1.165) is 21.4 Å². The highest BCUT2D eigenvalue weighted by Crippen LogP contribution is 2.30. The fourth-order valence-electron chi connectivity index (χ4n) is 3.69. The Balaban J connectivity index is 1.43. The van der Waals surface area contributed by atoms with Gasteiger partial charge in [-0.15, -0.1) is 0 Å². The number of H-pyrrole nitrogens is 1. The number of carbonyl (C=O) groups is 1. The molecule has 1 aliphatic rings. The summed E-state index contributed by atoms with van der Waals surface area (Å²) >= 11 is 5.65. The summed E-state index contributed by atoms with van der Waals surface area (Å²) in [6, 6.07) is 8.28. The van der Waals surface area contributed by atoms with Crippen LogP contribution in [0, 0.1) is 0 Å². The van der Waals surface area contributed by atoms with Gasteiger partial charge < -0.3 is 14.5 Å². The number of piperidine rings is 1. The fraction of sp³-hybridized carbons (Fsp3) is 0.350. The van der Waals surface area contributed by atoms with Crippen LogP contribution in [0.2, 0.25) is 5.02 Å². The standard InChI is InChI=1S/C20H18ClF3N4O2/c21-14-9-13(20(22,23)24)10-28(19(14)30)11-17(29)27-7-5-12(6-8-27)18-25-15-3-1-2-4-16(15)26-18/h1-4,9-10,12H,5-8,11H2,(H,25,26). The van der Waals surface area contributed by atoms with Crippen LogP contribution >= 0.6 is 11.6 Å². The predicted octanol–water partition coefficient (Wildman–Crippen LogP) is 3.80. The average molecular weight is 439 g/mol. The minimum absolute atomic E-state index is 0.159. The van der Waals surface area contributed by atoms with Gasteiger partial charge in [0.25, 0.3) is 5.56 Å². The first kappa shape index (κ1) is 20.5. The molecule has 0 spiro atoms. The quantitative estimate of drug-likeness (QED) is 0.676. The summed E-state index contributed by atoms with van der Waals surface area (Å²) in [5, 5.41) is -0.568. The Bertz CT molecular complexity index is 1110. The van der Waals surface area contributed by atoms with Crippen LogP contribution in [0.4, 0.5) is 13.2 Å². The lowest BCUT2D eigenvalue weighted by Crippen LogP contribution is -2.41. The average Bonchev–Trinajstić information content (AvgIpc) is 3.15. The first-order valence-electron chi connectivity index (χ1n) is 9.42. The summed E-state index contributed by atoms with van der Waals surface area (Å²) < 4.78 is 39.6. The number of hydrogen-bond acceptors (Lipinski definition) is 3. The molecule has 1 saturated heterocycles. The maximum atomic E-state index is 13.0. The number of aromatic nitrogens is 3. The number of pyridine rings is 1. The van der Waals surface area contributed by atoms with Crippen LogP contribution in [-0.2, 0) is 17.5 Å². The lowest BCUT2D eigenvalue weighted by atomic mass is 9.96. The Morgan fingerprint density at radius 3 is 2.60 bits per heavy atom. The number of halogens is 4. The summed E-state index contributed by atoms with van der Waals surface area (Å²) in [6.07, 6.45) is -2.69. The van der Waals surface area contributed by atoms with Gasteiger partial charge in [-0.05, 0) is 31.0 Å². The molecule has 0 radical (unpaired) electrons. The first-order chi connectivity index (χ1) is 14.2. The maximum Gasteiger partial charge on any atom is 0.417 e. The Morgan fingerprint density at radius 1 is 1.23 bits per heavy atom. The van der Waals surface area contributed by atoms with E-state index < -0.39 is 34.8 Å². The SMILES string of the molecule is O=C(Cn1cc(C(F)(F)F)cc(Cl)c1=O)N1CCC(c2nc3ccccc3[nH]2)CC1. The van der Waals surface area contributed by atoms with Crippen molar-refractivity contribution in [3.8, 4) is 0 Å². The second kappa shape index (κ2) is 7.79. The van der Waals surface area contributed by atoms with Crippen LogP contribution in [0.5, 0.6) is 0 Å². The number of alkyl halides is 3. The third-order valence-corrected chi connectivity index (χ3v) is 5.59. The van der Waals surface area contributed by atoms with E-state index in [0.29, 0.717) is 38.2 Å². The van der Waals surface area contributed by atoms with E-state index in [4.69, 9.17) is 11.6 Å². The zero-order valence-electron chi connectivity index (χ0n) is 15.7. The molecule has 0 unspecified atom stereocenters. The molecule has 0 bridgehead atoms. The molecular formula is C20H18ClF3N4O2. The summed E-state index contributed by atoms with van der Waals surface area (Å²) in [5.74, 6) is 0.604. The van der Waals surface area contributed by atoms with Crippen LogP contribution in [-0.4, -0.2) is 38.4 Å². The third kappa shape index (κ3) is 4.07. The molecule has 1 fully saturated rings. The lowest BCUT2D eigenvalue weighted by molar-refractivity contribution is -0.139. The van der Waals surface area contributed by atoms with Gasteiger partial charge in [0.2, 0.25) is 5.91 Å². The summed E-state index contributed by atoms with van der Waals surface area (Å²) in [5.41, 5.74) is -0.0581. The second-order valence-electron chi connectivity index (χ2n) is 7.30. The van der Waals surface area contributed by atoms with Gasteiger partial charge in [-0.25, -0.2) is 4.98 Å². The number of hydrogen-bond donors (Lipinski definition) is 1. The molecule has 0 atom stereocenters. The molecule has 3 aromatic rings. The van der Waals surface area contributed by atoms with Crippen molar-refractivity contribution in [2.75, 3.05) is 13.1 Å². The molecule has 1 aromatic carbocycles. The van der Waals surface area contributed by atoms with Crippen molar-refractivity contribution >= 4 is 28.5 Å². The number of para-hydroxylation sites is 2. The highest BCUT2D eigenvalue weighted by molar-refractivity contribution is 6.30.